The van der Waals surface area contributed by atoms with Crippen molar-refractivity contribution in [2.75, 3.05) is 11.5 Å². The number of fused-ring (bicyclic) bond motifs is 1. The second-order valence-electron chi connectivity index (χ2n) is 8.47. The number of nitrogen functional groups attached to an aromatic ring is 1. The van der Waals surface area contributed by atoms with Gasteiger partial charge in [-0.3, -0.25) is 14.5 Å². The highest BCUT2D eigenvalue weighted by atomic mass is 32.2. The van der Waals surface area contributed by atoms with E-state index >= 15 is 0 Å². The summed E-state index contributed by atoms with van der Waals surface area (Å²) in [5.41, 5.74) is 3.78. The predicted molar refractivity (Wildman–Crippen MR) is 130 cm³/mol. The van der Waals surface area contributed by atoms with Crippen LogP contribution in [0.15, 0.2) is 47.0 Å². The Bertz CT molecular complexity index is 1330. The van der Waals surface area contributed by atoms with Crippen molar-refractivity contribution in [3.05, 3.63) is 47.7 Å². The van der Waals surface area contributed by atoms with Crippen LogP contribution in [-0.4, -0.2) is 76.7 Å². The minimum absolute atomic E-state index is 0.0294. The number of carbonyl (C=O) groups is 4. The van der Waals surface area contributed by atoms with E-state index in [2.05, 4.69) is 19.8 Å². The van der Waals surface area contributed by atoms with Crippen molar-refractivity contribution in [1.82, 2.24) is 19.6 Å². The molecule has 16 heteroatoms. The van der Waals surface area contributed by atoms with Gasteiger partial charge in [0.25, 0.3) is 11.8 Å². The second-order valence-corrected chi connectivity index (χ2v) is 10.4. The average molecular weight is 549 g/mol. The zero-order valence-electron chi connectivity index (χ0n) is 19.5. The lowest BCUT2D eigenvalue weighted by Crippen LogP contribution is -2.71. The molecule has 4 rings (SSSR count). The summed E-state index contributed by atoms with van der Waals surface area (Å²) < 4.78 is 5.72. The third-order valence-corrected chi connectivity index (χ3v) is 7.32. The number of carboxylic acid groups (broad SMARTS) is 2. The first kappa shape index (κ1) is 26.0. The molecule has 0 unspecified atom stereocenters. The molecule has 2 atom stereocenters. The molecule has 4 heterocycles. The van der Waals surface area contributed by atoms with Crippen LogP contribution >= 0.6 is 23.3 Å². The van der Waals surface area contributed by atoms with Gasteiger partial charge in [-0.05, 0) is 13.8 Å². The van der Waals surface area contributed by atoms with Crippen molar-refractivity contribution in [3.8, 4) is 0 Å². The highest BCUT2D eigenvalue weighted by molar-refractivity contribution is 8.00. The number of oxime groups is 1. The first-order valence-electron chi connectivity index (χ1n) is 10.7. The van der Waals surface area contributed by atoms with Crippen LogP contribution in [0.5, 0.6) is 0 Å². The molecule has 0 aromatic carbocycles. The van der Waals surface area contributed by atoms with Crippen molar-refractivity contribution < 1.29 is 38.8 Å². The average Bonchev–Trinajstić information content (AvgIpc) is 3.28. The summed E-state index contributed by atoms with van der Waals surface area (Å²) in [6.07, 6.45) is 3.58. The van der Waals surface area contributed by atoms with Crippen LogP contribution in [0.3, 0.4) is 0 Å². The zero-order valence-corrected chi connectivity index (χ0v) is 21.2. The summed E-state index contributed by atoms with van der Waals surface area (Å²) in [6.45, 7) is 2.75. The van der Waals surface area contributed by atoms with Crippen LogP contribution in [0.4, 0.5) is 5.13 Å². The maximum Gasteiger partial charge on any atom is 0.352 e. The van der Waals surface area contributed by atoms with Crippen LogP contribution in [-0.2, 0) is 30.6 Å². The lowest BCUT2D eigenvalue weighted by molar-refractivity contribution is -0.689. The number of pyridine rings is 1. The smallest absolute Gasteiger partial charge is 0.352 e. The molecule has 1 fully saturated rings. The van der Waals surface area contributed by atoms with Crippen molar-refractivity contribution in [2.24, 2.45) is 5.16 Å². The Labute approximate surface area is 218 Å². The SMILES string of the molecule is CC(C)(O/N=C(\C(=O)N[C@@H]1C(=O)N2C(C(=O)O)=C(C[n+]3ccccc3)CS[C@H]12)c1nsc(N)n1)C(=O)O. The minimum Gasteiger partial charge on any atom is -0.478 e. The summed E-state index contributed by atoms with van der Waals surface area (Å²) in [5, 5.41) is 24.6. The highest BCUT2D eigenvalue weighted by Crippen LogP contribution is 2.40. The number of aromatic nitrogens is 3. The van der Waals surface area contributed by atoms with Crippen molar-refractivity contribution >= 4 is 57.9 Å². The number of rotatable bonds is 9. The number of nitrogens with two attached hydrogens (primary N) is 1. The monoisotopic (exact) mass is 548 g/mol. The molecule has 194 valence electrons. The number of carbonyl (C=O) groups excluding carboxylic acids is 2. The highest BCUT2D eigenvalue weighted by Gasteiger charge is 2.55. The minimum atomic E-state index is -1.77. The number of nitrogens with one attached hydrogen (secondary N) is 1. The Balaban J connectivity index is 1.55. The summed E-state index contributed by atoms with van der Waals surface area (Å²) >= 11 is 2.09. The van der Waals surface area contributed by atoms with E-state index < -0.39 is 46.5 Å². The molecular weight excluding hydrogens is 526 g/mol. The van der Waals surface area contributed by atoms with Gasteiger partial charge in [0, 0.05) is 35.0 Å². The fraction of sp³-hybridized carbons (Fsp3) is 0.333. The van der Waals surface area contributed by atoms with E-state index in [-0.39, 0.29) is 23.2 Å². The van der Waals surface area contributed by atoms with Crippen LogP contribution in [0.25, 0.3) is 0 Å². The first-order valence-corrected chi connectivity index (χ1v) is 12.6. The van der Waals surface area contributed by atoms with Crippen LogP contribution in [0.2, 0.25) is 0 Å². The summed E-state index contributed by atoms with van der Waals surface area (Å²) in [5.74, 6) is -3.99. The molecule has 37 heavy (non-hydrogen) atoms. The lowest BCUT2D eigenvalue weighted by Gasteiger charge is -2.49. The maximum atomic E-state index is 13.1. The fourth-order valence-electron chi connectivity index (χ4n) is 3.49. The van der Waals surface area contributed by atoms with Gasteiger partial charge in [0.2, 0.25) is 17.1 Å². The molecule has 2 aromatic heterocycles. The molecular formula is C21H22N7O7S2+. The number of amides is 2. The van der Waals surface area contributed by atoms with E-state index in [1.807, 2.05) is 18.2 Å². The fourth-order valence-corrected chi connectivity index (χ4v) is 5.26. The number of hydrogen-bond acceptors (Lipinski definition) is 11. The second kappa shape index (κ2) is 10.1. The van der Waals surface area contributed by atoms with Crippen molar-refractivity contribution in [2.45, 2.75) is 37.4 Å². The third-order valence-electron chi connectivity index (χ3n) is 5.44. The van der Waals surface area contributed by atoms with E-state index in [0.717, 1.165) is 16.4 Å². The number of β-lactam (4-membered cyclic amide) rings is 1. The van der Waals surface area contributed by atoms with Gasteiger partial charge < -0.3 is 26.1 Å². The third kappa shape index (κ3) is 5.24. The van der Waals surface area contributed by atoms with E-state index in [1.54, 1.807) is 17.0 Å². The topological polar surface area (TPSA) is 201 Å². The molecule has 2 aromatic rings. The zero-order chi connectivity index (χ0) is 26.9. The van der Waals surface area contributed by atoms with Crippen molar-refractivity contribution in [1.29, 1.82) is 0 Å². The largest absolute Gasteiger partial charge is 0.478 e. The first-order chi connectivity index (χ1) is 17.5. The molecule has 0 bridgehead atoms. The van der Waals surface area contributed by atoms with Crippen LogP contribution in [0, 0.1) is 0 Å². The van der Waals surface area contributed by atoms with Gasteiger partial charge in [0.1, 0.15) is 17.1 Å². The maximum absolute atomic E-state index is 13.1. The Morgan fingerprint density at radius 2 is 2.00 bits per heavy atom. The number of hydrogen-bond donors (Lipinski definition) is 4. The van der Waals surface area contributed by atoms with Crippen molar-refractivity contribution in [3.63, 3.8) is 0 Å². The molecule has 5 N–H and O–H groups in total. The summed E-state index contributed by atoms with van der Waals surface area (Å²) in [7, 11) is 0. The molecule has 0 radical (unpaired) electrons. The Morgan fingerprint density at radius 3 is 2.59 bits per heavy atom. The molecule has 2 aliphatic heterocycles. The van der Waals surface area contributed by atoms with Gasteiger partial charge >= 0.3 is 11.9 Å². The van der Waals surface area contributed by atoms with Crippen LogP contribution < -0.4 is 15.6 Å². The molecule has 0 aliphatic carbocycles. The van der Waals surface area contributed by atoms with E-state index in [4.69, 9.17) is 10.6 Å². The normalized spacial score (nSPS) is 19.7. The molecule has 2 amide bonds. The van der Waals surface area contributed by atoms with Gasteiger partial charge in [-0.2, -0.15) is 9.36 Å². The molecule has 14 nitrogen and oxygen atoms in total. The number of aliphatic carboxylic acids is 2. The van der Waals surface area contributed by atoms with Gasteiger partial charge in [-0.1, -0.05) is 11.2 Å². The van der Waals surface area contributed by atoms with E-state index in [9.17, 15) is 29.4 Å². The van der Waals surface area contributed by atoms with Gasteiger partial charge in [0.15, 0.2) is 24.1 Å². The van der Waals surface area contributed by atoms with Gasteiger partial charge in [-0.25, -0.2) is 14.2 Å². The molecule has 1 saturated heterocycles. The number of anilines is 1. The quantitative estimate of drug-likeness (QED) is 0.135. The number of nitrogens with zero attached hydrogens (tertiary/aromatic N) is 5. The Morgan fingerprint density at radius 1 is 1.30 bits per heavy atom. The standard InChI is InChI=1S/C21H21N7O7S2/c1-21(2,19(33)34)35-25-11(14-24-20(22)37-26-14)15(29)23-12-16(30)28-13(18(31)32)10(9-36-17(12)28)8-27-6-4-3-5-7-27/h3-7,12,17H,8-9H2,1-2H3,(H4-,22,23,24,26,29,31,32,33,34)/p+1/b25-11-/t12-,17-/m1/s1. The molecule has 0 saturated carbocycles. The van der Waals surface area contributed by atoms with Crippen LogP contribution in [0.1, 0.15) is 19.7 Å². The molecule has 2 aliphatic rings. The summed E-state index contributed by atoms with van der Waals surface area (Å²) in [4.78, 5) is 59.6. The Kier molecular flexibility index (Phi) is 7.13. The predicted octanol–water partition coefficient (Wildman–Crippen LogP) is -0.569. The number of carboxylic acids is 2. The Hall–Kier alpha value is -4.05. The molecule has 0 spiro atoms. The number of thioether (sulfide) groups is 1. The lowest BCUT2D eigenvalue weighted by atomic mass is 10.0. The summed E-state index contributed by atoms with van der Waals surface area (Å²) in [6, 6.07) is 4.39. The van der Waals surface area contributed by atoms with E-state index in [1.165, 1.54) is 25.6 Å². The van der Waals surface area contributed by atoms with Gasteiger partial charge in [-0.15, -0.1) is 11.8 Å². The van der Waals surface area contributed by atoms with Gasteiger partial charge in [0.05, 0.1) is 0 Å². The van der Waals surface area contributed by atoms with E-state index in [0.29, 0.717) is 11.3 Å².